The molecule has 0 radical (unpaired) electrons. The van der Waals surface area contributed by atoms with Crippen LogP contribution in [0.15, 0.2) is 28.7 Å². The molecule has 1 fully saturated rings. The third kappa shape index (κ3) is 3.59. The fourth-order valence-electron chi connectivity index (χ4n) is 3.67. The van der Waals surface area contributed by atoms with E-state index in [0.29, 0.717) is 30.4 Å². The zero-order valence-corrected chi connectivity index (χ0v) is 15.6. The molecule has 3 rings (SSSR count). The van der Waals surface area contributed by atoms with Gasteiger partial charge in [0.15, 0.2) is 5.58 Å². The number of imide groups is 1. The van der Waals surface area contributed by atoms with Gasteiger partial charge in [-0.15, -0.1) is 0 Å². The number of hydrogen-bond donors (Lipinski definition) is 1. The Bertz CT molecular complexity index is 819. The van der Waals surface area contributed by atoms with Gasteiger partial charge in [-0.2, -0.15) is 0 Å². The number of oxazole rings is 1. The van der Waals surface area contributed by atoms with Crippen molar-refractivity contribution in [2.45, 2.75) is 51.9 Å². The smallest absolute Gasteiger partial charge is 0.316 e. The van der Waals surface area contributed by atoms with E-state index in [-0.39, 0.29) is 12.4 Å². The minimum Gasteiger partial charge on any atom is -0.432 e. The highest BCUT2D eigenvalue weighted by Crippen LogP contribution is 2.38. The molecule has 144 valence electrons. The summed E-state index contributed by atoms with van der Waals surface area (Å²) in [6.45, 7) is 2.18. The standard InChI is InChI=1S/C20H25N3O4/c1-2-3-13-23(19(26)20(18(21)25)11-7-4-8-12-20)17(24)16-22-14-9-5-6-10-15(14)27-16/h5-6,9-10H,2-4,7-8,11-13H2,1H3,(H2,21,25). The molecule has 1 aromatic heterocycles. The number of aromatic nitrogens is 1. The molecule has 0 unspecified atom stereocenters. The molecule has 7 nitrogen and oxygen atoms in total. The maximum Gasteiger partial charge on any atom is 0.316 e. The molecule has 2 aromatic rings. The number of nitrogens with two attached hydrogens (primary N) is 1. The first-order valence-corrected chi connectivity index (χ1v) is 9.51. The van der Waals surface area contributed by atoms with E-state index in [1.807, 2.05) is 6.92 Å². The number of hydrogen-bond acceptors (Lipinski definition) is 5. The maximum absolute atomic E-state index is 13.3. The Morgan fingerprint density at radius 3 is 2.52 bits per heavy atom. The fraction of sp³-hybridized carbons (Fsp3) is 0.500. The maximum atomic E-state index is 13.3. The van der Waals surface area contributed by atoms with Gasteiger partial charge in [-0.05, 0) is 31.4 Å². The first-order valence-electron chi connectivity index (χ1n) is 9.51. The molecule has 1 heterocycles. The molecule has 0 bridgehead atoms. The Kier molecular flexibility index (Phi) is 5.58. The number of primary amides is 1. The van der Waals surface area contributed by atoms with Crippen LogP contribution in [0.2, 0.25) is 0 Å². The van der Waals surface area contributed by atoms with Crippen LogP contribution in [0.3, 0.4) is 0 Å². The number of carbonyl (C=O) groups excluding carboxylic acids is 3. The number of carbonyl (C=O) groups is 3. The Hall–Kier alpha value is -2.70. The monoisotopic (exact) mass is 371 g/mol. The van der Waals surface area contributed by atoms with Gasteiger partial charge in [-0.3, -0.25) is 19.3 Å². The summed E-state index contributed by atoms with van der Waals surface area (Å²) in [6, 6.07) is 7.03. The van der Waals surface area contributed by atoms with Crippen LogP contribution in [0.5, 0.6) is 0 Å². The number of benzene rings is 1. The van der Waals surface area contributed by atoms with E-state index in [1.165, 1.54) is 0 Å². The first-order chi connectivity index (χ1) is 13.0. The summed E-state index contributed by atoms with van der Waals surface area (Å²) in [7, 11) is 0. The van der Waals surface area contributed by atoms with Crippen LogP contribution >= 0.6 is 0 Å². The SMILES string of the molecule is CCCCN(C(=O)c1nc2ccccc2o1)C(=O)C1(C(N)=O)CCCCC1. The molecule has 1 aliphatic rings. The van der Waals surface area contributed by atoms with E-state index < -0.39 is 23.1 Å². The molecule has 1 saturated carbocycles. The Balaban J connectivity index is 1.95. The molecular weight excluding hydrogens is 346 g/mol. The van der Waals surface area contributed by atoms with Crippen LogP contribution in [-0.4, -0.2) is 34.2 Å². The molecule has 1 aromatic carbocycles. The average Bonchev–Trinajstić information content (AvgIpc) is 3.12. The molecule has 1 aliphatic carbocycles. The van der Waals surface area contributed by atoms with Gasteiger partial charge in [0.2, 0.25) is 11.8 Å². The van der Waals surface area contributed by atoms with E-state index in [4.69, 9.17) is 10.2 Å². The zero-order chi connectivity index (χ0) is 19.4. The van der Waals surface area contributed by atoms with Gasteiger partial charge in [0.1, 0.15) is 10.9 Å². The van der Waals surface area contributed by atoms with E-state index >= 15 is 0 Å². The quantitative estimate of drug-likeness (QED) is 0.620. The van der Waals surface area contributed by atoms with Crippen LogP contribution in [0.4, 0.5) is 0 Å². The Morgan fingerprint density at radius 2 is 1.89 bits per heavy atom. The minimum absolute atomic E-state index is 0.143. The predicted molar refractivity (Wildman–Crippen MR) is 99.7 cm³/mol. The highest BCUT2D eigenvalue weighted by Gasteiger charge is 2.49. The number of para-hydroxylation sites is 2. The summed E-state index contributed by atoms with van der Waals surface area (Å²) < 4.78 is 5.55. The van der Waals surface area contributed by atoms with Crippen molar-refractivity contribution >= 4 is 28.8 Å². The van der Waals surface area contributed by atoms with Crippen molar-refractivity contribution in [2.24, 2.45) is 11.1 Å². The summed E-state index contributed by atoms with van der Waals surface area (Å²) in [4.78, 5) is 43.9. The lowest BCUT2D eigenvalue weighted by Crippen LogP contribution is -2.54. The van der Waals surface area contributed by atoms with E-state index in [9.17, 15) is 14.4 Å². The van der Waals surface area contributed by atoms with Crippen molar-refractivity contribution in [3.63, 3.8) is 0 Å². The van der Waals surface area contributed by atoms with Crippen molar-refractivity contribution in [1.82, 2.24) is 9.88 Å². The summed E-state index contributed by atoms with van der Waals surface area (Å²) in [6.07, 6.45) is 4.63. The summed E-state index contributed by atoms with van der Waals surface area (Å²) in [5.74, 6) is -1.93. The molecule has 7 heteroatoms. The van der Waals surface area contributed by atoms with Crippen LogP contribution in [0.25, 0.3) is 11.1 Å². The van der Waals surface area contributed by atoms with Gasteiger partial charge in [0, 0.05) is 6.54 Å². The number of rotatable bonds is 6. The van der Waals surface area contributed by atoms with Gasteiger partial charge in [0.25, 0.3) is 5.89 Å². The average molecular weight is 371 g/mol. The first kappa shape index (κ1) is 19.1. The van der Waals surface area contributed by atoms with Crippen molar-refractivity contribution in [3.05, 3.63) is 30.2 Å². The second-order valence-electron chi connectivity index (χ2n) is 7.11. The number of fused-ring (bicyclic) bond motifs is 1. The van der Waals surface area contributed by atoms with Gasteiger partial charge in [0.05, 0.1) is 0 Å². The largest absolute Gasteiger partial charge is 0.432 e. The summed E-state index contributed by atoms with van der Waals surface area (Å²) >= 11 is 0. The Morgan fingerprint density at radius 1 is 1.19 bits per heavy atom. The van der Waals surface area contributed by atoms with Crippen LogP contribution in [-0.2, 0) is 9.59 Å². The van der Waals surface area contributed by atoms with E-state index in [2.05, 4.69) is 4.98 Å². The third-order valence-corrected chi connectivity index (χ3v) is 5.29. The third-order valence-electron chi connectivity index (χ3n) is 5.29. The zero-order valence-electron chi connectivity index (χ0n) is 15.6. The highest BCUT2D eigenvalue weighted by molar-refractivity contribution is 6.12. The second kappa shape index (κ2) is 7.90. The second-order valence-corrected chi connectivity index (χ2v) is 7.11. The number of amides is 3. The van der Waals surface area contributed by atoms with Crippen LogP contribution in [0, 0.1) is 5.41 Å². The van der Waals surface area contributed by atoms with Crippen molar-refractivity contribution in [3.8, 4) is 0 Å². The van der Waals surface area contributed by atoms with E-state index in [1.54, 1.807) is 24.3 Å². The molecule has 2 N–H and O–H groups in total. The lowest BCUT2D eigenvalue weighted by Gasteiger charge is -2.36. The molecule has 3 amide bonds. The van der Waals surface area contributed by atoms with Gasteiger partial charge < -0.3 is 10.2 Å². The van der Waals surface area contributed by atoms with Gasteiger partial charge in [-0.1, -0.05) is 44.7 Å². The molecule has 27 heavy (non-hydrogen) atoms. The summed E-state index contributed by atoms with van der Waals surface area (Å²) in [5.41, 5.74) is 5.35. The van der Waals surface area contributed by atoms with Crippen molar-refractivity contribution < 1.29 is 18.8 Å². The molecular formula is C20H25N3O4. The lowest BCUT2D eigenvalue weighted by molar-refractivity contribution is -0.149. The predicted octanol–water partition coefficient (Wildman–Crippen LogP) is 3.03. The van der Waals surface area contributed by atoms with Crippen LogP contribution in [0.1, 0.15) is 62.6 Å². The molecule has 0 saturated heterocycles. The number of nitrogens with zero attached hydrogens (tertiary/aromatic N) is 2. The van der Waals surface area contributed by atoms with Crippen LogP contribution < -0.4 is 5.73 Å². The fourth-order valence-corrected chi connectivity index (χ4v) is 3.67. The topological polar surface area (TPSA) is 106 Å². The van der Waals surface area contributed by atoms with Gasteiger partial charge >= 0.3 is 5.91 Å². The molecule has 0 aliphatic heterocycles. The Labute approximate surface area is 157 Å². The van der Waals surface area contributed by atoms with Crippen molar-refractivity contribution in [2.75, 3.05) is 6.54 Å². The van der Waals surface area contributed by atoms with Crippen molar-refractivity contribution in [1.29, 1.82) is 0 Å². The highest BCUT2D eigenvalue weighted by atomic mass is 16.4. The van der Waals surface area contributed by atoms with Gasteiger partial charge in [-0.25, -0.2) is 4.98 Å². The van der Waals surface area contributed by atoms with E-state index in [0.717, 1.165) is 30.6 Å². The summed E-state index contributed by atoms with van der Waals surface area (Å²) in [5, 5.41) is 0. The molecule has 0 spiro atoms. The minimum atomic E-state index is -1.31. The lowest BCUT2D eigenvalue weighted by atomic mass is 9.72. The number of unbranched alkanes of at least 4 members (excludes halogenated alkanes) is 1. The normalized spacial score (nSPS) is 16.2. The molecule has 0 atom stereocenters.